The van der Waals surface area contributed by atoms with Gasteiger partial charge in [-0.25, -0.2) is 4.79 Å². The molecule has 2 unspecified atom stereocenters. The summed E-state index contributed by atoms with van der Waals surface area (Å²) in [5.41, 5.74) is -2.62. The monoisotopic (exact) mass is 598 g/mol. The van der Waals surface area contributed by atoms with E-state index >= 15 is 0 Å². The number of carboxylic acids is 3. The van der Waals surface area contributed by atoms with E-state index in [9.17, 15) is 34.5 Å². The van der Waals surface area contributed by atoms with Crippen LogP contribution in [0.3, 0.4) is 0 Å². The van der Waals surface area contributed by atoms with Crippen molar-refractivity contribution in [3.05, 3.63) is 0 Å². The lowest BCUT2D eigenvalue weighted by molar-refractivity contribution is -0.195. The third-order valence-corrected chi connectivity index (χ3v) is 8.19. The van der Waals surface area contributed by atoms with Gasteiger partial charge < -0.3 is 20.1 Å². The fourth-order valence-electron chi connectivity index (χ4n) is 5.61. The van der Waals surface area contributed by atoms with Crippen molar-refractivity contribution in [3.63, 3.8) is 0 Å². The molecule has 8 nitrogen and oxygen atoms in total. The van der Waals surface area contributed by atoms with E-state index in [0.717, 1.165) is 38.0 Å². The van der Waals surface area contributed by atoms with Crippen LogP contribution in [0, 0.1) is 11.8 Å². The van der Waals surface area contributed by atoms with Crippen molar-refractivity contribution in [2.45, 2.75) is 180 Å². The predicted octanol–water partition coefficient (Wildman–Crippen LogP) is 9.18. The molecule has 0 aromatic rings. The minimum Gasteiger partial charge on any atom is -0.481 e. The minimum atomic E-state index is -2.62. The molecule has 0 spiro atoms. The van der Waals surface area contributed by atoms with Gasteiger partial charge in [0.25, 0.3) is 0 Å². The van der Waals surface area contributed by atoms with Crippen LogP contribution in [0.1, 0.15) is 175 Å². The van der Waals surface area contributed by atoms with E-state index in [1.165, 1.54) is 83.5 Å². The lowest BCUT2D eigenvalue weighted by Gasteiger charge is -2.33. The summed E-state index contributed by atoms with van der Waals surface area (Å²) in [6.07, 6.45) is 22.3. The molecule has 0 aromatic heterocycles. The molecular weight excluding hydrogens is 536 g/mol. The van der Waals surface area contributed by atoms with Crippen LogP contribution in [-0.4, -0.2) is 44.8 Å². The second kappa shape index (κ2) is 25.4. The molecule has 8 heteroatoms. The van der Waals surface area contributed by atoms with E-state index < -0.39 is 41.8 Å². The lowest BCUT2D eigenvalue weighted by atomic mass is 9.80. The Morgan fingerprint density at radius 2 is 1.00 bits per heavy atom. The van der Waals surface area contributed by atoms with Crippen LogP contribution in [0.2, 0.25) is 0 Å². The second-order valence-electron chi connectivity index (χ2n) is 12.6. The van der Waals surface area contributed by atoms with Crippen molar-refractivity contribution in [1.82, 2.24) is 0 Å². The molecule has 0 heterocycles. The van der Waals surface area contributed by atoms with Crippen molar-refractivity contribution < 1.29 is 39.2 Å². The average molecular weight is 599 g/mol. The quantitative estimate of drug-likeness (QED) is 0.0549. The van der Waals surface area contributed by atoms with Crippen molar-refractivity contribution in [1.29, 1.82) is 0 Å². The number of carbonyl (C=O) groups is 4. The highest BCUT2D eigenvalue weighted by molar-refractivity contribution is 5.92. The van der Waals surface area contributed by atoms with Gasteiger partial charge in [0.05, 0.1) is 6.42 Å². The van der Waals surface area contributed by atoms with Crippen LogP contribution < -0.4 is 0 Å². The molecule has 0 aromatic carbocycles. The first-order valence-corrected chi connectivity index (χ1v) is 17.0. The van der Waals surface area contributed by atoms with E-state index in [0.29, 0.717) is 19.3 Å². The van der Waals surface area contributed by atoms with E-state index in [2.05, 4.69) is 13.8 Å². The third kappa shape index (κ3) is 19.9. The summed E-state index contributed by atoms with van der Waals surface area (Å²) in [6.45, 7) is 6.53. The van der Waals surface area contributed by atoms with Crippen LogP contribution >= 0.6 is 0 Å². The fourth-order valence-corrected chi connectivity index (χ4v) is 5.61. The number of aliphatic carboxylic acids is 3. The zero-order chi connectivity index (χ0) is 31.6. The molecule has 0 aliphatic rings. The third-order valence-electron chi connectivity index (χ3n) is 8.19. The standard InChI is InChI=1S/C34H62O8/c1-4-5-21-26-31(37)42-34(33(40)41,27-30(35)36)29(32(38)39)25-23-20-18-16-14-12-10-8-6-7-9-11-13-15-17-19-22-24-28(2)3/h28-29H,4-27H2,1-3H3,(H,35,36)(H,38,39)(H,40,41). The molecule has 42 heavy (non-hydrogen) atoms. The smallest absolute Gasteiger partial charge is 0.349 e. The summed E-state index contributed by atoms with van der Waals surface area (Å²) in [7, 11) is 0. The highest BCUT2D eigenvalue weighted by atomic mass is 16.6. The number of hydrogen-bond donors (Lipinski definition) is 3. The number of hydrogen-bond acceptors (Lipinski definition) is 5. The number of carbonyl (C=O) groups excluding carboxylic acids is 1. The Hall–Kier alpha value is -2.12. The maximum Gasteiger partial charge on any atom is 0.349 e. The van der Waals surface area contributed by atoms with Gasteiger partial charge in [-0.2, -0.15) is 0 Å². The van der Waals surface area contributed by atoms with E-state index in [1.807, 2.05) is 6.92 Å². The Balaban J connectivity index is 4.21. The Morgan fingerprint density at radius 3 is 1.33 bits per heavy atom. The summed E-state index contributed by atoms with van der Waals surface area (Å²) in [5, 5.41) is 29.0. The summed E-state index contributed by atoms with van der Waals surface area (Å²) < 4.78 is 5.17. The van der Waals surface area contributed by atoms with E-state index in [1.54, 1.807) is 0 Å². The van der Waals surface area contributed by atoms with Gasteiger partial charge in [0.15, 0.2) is 0 Å². The number of carboxylic acid groups (broad SMARTS) is 3. The summed E-state index contributed by atoms with van der Waals surface area (Å²) in [5.74, 6) is -6.38. The molecule has 0 amide bonds. The number of rotatable bonds is 30. The minimum absolute atomic E-state index is 0.0602. The molecule has 0 fully saturated rings. The molecule has 0 radical (unpaired) electrons. The molecule has 0 saturated carbocycles. The van der Waals surface area contributed by atoms with Crippen LogP contribution in [0.15, 0.2) is 0 Å². The lowest BCUT2D eigenvalue weighted by Crippen LogP contribution is -2.54. The highest BCUT2D eigenvalue weighted by Gasteiger charge is 2.54. The first-order valence-electron chi connectivity index (χ1n) is 17.0. The van der Waals surface area contributed by atoms with Gasteiger partial charge in [-0.3, -0.25) is 14.4 Å². The Morgan fingerprint density at radius 1 is 0.595 bits per heavy atom. The Kier molecular flexibility index (Phi) is 24.1. The maximum absolute atomic E-state index is 12.3. The topological polar surface area (TPSA) is 138 Å². The summed E-state index contributed by atoms with van der Waals surface area (Å²) in [6, 6.07) is 0. The van der Waals surface area contributed by atoms with Crippen LogP contribution in [0.25, 0.3) is 0 Å². The van der Waals surface area contributed by atoms with Crippen LogP contribution in [0.5, 0.6) is 0 Å². The van der Waals surface area contributed by atoms with Crippen molar-refractivity contribution in [3.8, 4) is 0 Å². The van der Waals surface area contributed by atoms with Crippen molar-refractivity contribution >= 4 is 23.9 Å². The largest absolute Gasteiger partial charge is 0.481 e. The van der Waals surface area contributed by atoms with Crippen molar-refractivity contribution in [2.75, 3.05) is 0 Å². The molecule has 0 aliphatic carbocycles. The summed E-state index contributed by atoms with van der Waals surface area (Å²) >= 11 is 0. The van der Waals surface area contributed by atoms with Gasteiger partial charge in [0.2, 0.25) is 5.60 Å². The number of esters is 1. The first kappa shape index (κ1) is 39.9. The Labute approximate surface area is 255 Å². The normalized spacial score (nSPS) is 13.5. The van der Waals surface area contributed by atoms with E-state index in [-0.39, 0.29) is 12.8 Å². The molecule has 0 bridgehead atoms. The number of ether oxygens (including phenoxy) is 1. The molecule has 0 rings (SSSR count). The molecular formula is C34H62O8. The summed E-state index contributed by atoms with van der Waals surface area (Å²) in [4.78, 5) is 48.1. The van der Waals surface area contributed by atoms with Gasteiger partial charge in [-0.15, -0.1) is 0 Å². The fraction of sp³-hybridized carbons (Fsp3) is 0.882. The Bertz CT molecular complexity index is 735. The van der Waals surface area contributed by atoms with Gasteiger partial charge in [-0.05, 0) is 18.8 Å². The molecule has 2 atom stereocenters. The first-order chi connectivity index (χ1) is 20.1. The van der Waals surface area contributed by atoms with Crippen LogP contribution in [-0.2, 0) is 23.9 Å². The maximum atomic E-state index is 12.3. The van der Waals surface area contributed by atoms with E-state index in [4.69, 9.17) is 4.74 Å². The van der Waals surface area contributed by atoms with Crippen molar-refractivity contribution in [2.24, 2.45) is 11.8 Å². The second-order valence-corrected chi connectivity index (χ2v) is 12.6. The molecule has 246 valence electrons. The zero-order valence-electron chi connectivity index (χ0n) is 27.0. The average Bonchev–Trinajstić information content (AvgIpc) is 2.91. The van der Waals surface area contributed by atoms with Gasteiger partial charge in [-0.1, -0.05) is 149 Å². The predicted molar refractivity (Wildman–Crippen MR) is 167 cm³/mol. The molecule has 0 aliphatic heterocycles. The van der Waals surface area contributed by atoms with Gasteiger partial charge in [0, 0.05) is 6.42 Å². The highest BCUT2D eigenvalue weighted by Crippen LogP contribution is 2.33. The van der Waals surface area contributed by atoms with Gasteiger partial charge in [0.1, 0.15) is 5.92 Å². The number of unbranched alkanes of at least 4 members (excludes halogenated alkanes) is 18. The van der Waals surface area contributed by atoms with Gasteiger partial charge >= 0.3 is 23.9 Å². The zero-order valence-corrected chi connectivity index (χ0v) is 27.0. The molecule has 3 N–H and O–H groups in total. The molecule has 0 saturated heterocycles. The van der Waals surface area contributed by atoms with Crippen LogP contribution in [0.4, 0.5) is 0 Å². The SMILES string of the molecule is CCCCCC(=O)OC(CC(=O)O)(C(=O)O)C(CCCCCCCCCCCCCCCCCCCC(C)C)C(=O)O.